The highest BCUT2D eigenvalue weighted by Crippen LogP contribution is 2.29. The molecule has 1 aromatic carbocycles. The second kappa shape index (κ2) is 8.94. The van der Waals surface area contributed by atoms with Crippen LogP contribution in [0, 0.1) is 6.92 Å². The fourth-order valence-electron chi connectivity index (χ4n) is 2.66. The number of nitrogens with one attached hydrogen (secondary N) is 1. The highest BCUT2D eigenvalue weighted by atomic mass is 19.4. The minimum atomic E-state index is -4.44. The molecule has 0 atom stereocenters. The smallest absolute Gasteiger partial charge is 0.416 e. The van der Waals surface area contributed by atoms with Gasteiger partial charge in [0.05, 0.1) is 24.4 Å². The van der Waals surface area contributed by atoms with Crippen LogP contribution in [-0.4, -0.2) is 38.5 Å². The van der Waals surface area contributed by atoms with Crippen molar-refractivity contribution < 1.29 is 27.5 Å². The summed E-state index contributed by atoms with van der Waals surface area (Å²) >= 11 is 0. The fraction of sp³-hybridized carbons (Fsp3) is 0.250. The van der Waals surface area contributed by atoms with E-state index >= 15 is 0 Å². The predicted octanol–water partition coefficient (Wildman–Crippen LogP) is 3.48. The zero-order valence-electron chi connectivity index (χ0n) is 16.6. The molecule has 3 rings (SSSR count). The van der Waals surface area contributed by atoms with E-state index in [4.69, 9.17) is 4.74 Å². The summed E-state index contributed by atoms with van der Waals surface area (Å²) < 4.78 is 44.3. The van der Waals surface area contributed by atoms with E-state index in [2.05, 4.69) is 20.6 Å². The van der Waals surface area contributed by atoms with Crippen molar-refractivity contribution in [1.82, 2.24) is 20.0 Å². The number of halogens is 3. The van der Waals surface area contributed by atoms with E-state index in [1.54, 1.807) is 19.9 Å². The number of pyridine rings is 1. The van der Waals surface area contributed by atoms with Crippen molar-refractivity contribution >= 4 is 17.6 Å². The Morgan fingerprint density at radius 3 is 2.42 bits per heavy atom. The maximum atomic E-state index is 12.6. The molecule has 2 aromatic heterocycles. The lowest BCUT2D eigenvalue weighted by Gasteiger charge is -2.09. The number of carbonyl (C=O) groups is 2. The van der Waals surface area contributed by atoms with Crippen molar-refractivity contribution in [2.75, 3.05) is 11.9 Å². The monoisotopic (exact) mass is 433 g/mol. The van der Waals surface area contributed by atoms with Crippen molar-refractivity contribution in [3.05, 3.63) is 70.8 Å². The van der Waals surface area contributed by atoms with Gasteiger partial charge in [0.15, 0.2) is 5.69 Å². The Morgan fingerprint density at radius 1 is 1.13 bits per heavy atom. The number of carbonyl (C=O) groups excluding carboxylic acids is 2. The van der Waals surface area contributed by atoms with Crippen LogP contribution in [0.3, 0.4) is 0 Å². The van der Waals surface area contributed by atoms with Crippen LogP contribution in [0.15, 0.2) is 42.6 Å². The Kier molecular flexibility index (Phi) is 6.33. The number of esters is 1. The molecule has 1 N–H and O–H groups in total. The van der Waals surface area contributed by atoms with Gasteiger partial charge in [-0.15, -0.1) is 5.10 Å². The number of ether oxygens (including phenoxy) is 1. The number of alkyl halides is 3. The molecule has 162 valence electrons. The topological polar surface area (TPSA) is 99.0 Å². The van der Waals surface area contributed by atoms with Gasteiger partial charge in [0.25, 0.3) is 5.91 Å². The molecule has 0 saturated carbocycles. The molecule has 3 aromatic rings. The van der Waals surface area contributed by atoms with Crippen molar-refractivity contribution in [3.63, 3.8) is 0 Å². The van der Waals surface area contributed by atoms with Crippen molar-refractivity contribution in [2.45, 2.75) is 26.6 Å². The van der Waals surface area contributed by atoms with Gasteiger partial charge in [-0.1, -0.05) is 11.3 Å². The number of hydrogen-bond acceptors (Lipinski definition) is 6. The van der Waals surface area contributed by atoms with Crippen LogP contribution in [0.25, 0.3) is 0 Å². The van der Waals surface area contributed by atoms with Gasteiger partial charge in [-0.3, -0.25) is 9.78 Å². The number of nitrogens with zero attached hydrogens (tertiary/aromatic N) is 4. The molecule has 0 saturated heterocycles. The lowest BCUT2D eigenvalue weighted by Crippen LogP contribution is -2.14. The largest absolute Gasteiger partial charge is 0.461 e. The van der Waals surface area contributed by atoms with E-state index in [1.807, 2.05) is 0 Å². The van der Waals surface area contributed by atoms with Gasteiger partial charge in [0.1, 0.15) is 5.69 Å². The van der Waals surface area contributed by atoms with E-state index in [0.29, 0.717) is 11.3 Å². The second-order valence-corrected chi connectivity index (χ2v) is 6.48. The number of anilines is 1. The van der Waals surface area contributed by atoms with Gasteiger partial charge in [-0.25, -0.2) is 9.48 Å². The molecular weight excluding hydrogens is 415 g/mol. The van der Waals surface area contributed by atoms with E-state index in [-0.39, 0.29) is 30.2 Å². The third-order valence-corrected chi connectivity index (χ3v) is 4.31. The maximum Gasteiger partial charge on any atom is 0.416 e. The molecule has 0 radical (unpaired) electrons. The normalized spacial score (nSPS) is 11.3. The van der Waals surface area contributed by atoms with Gasteiger partial charge in [-0.05, 0) is 49.7 Å². The van der Waals surface area contributed by atoms with Crippen molar-refractivity contribution in [2.24, 2.45) is 0 Å². The Balaban J connectivity index is 1.65. The van der Waals surface area contributed by atoms with Gasteiger partial charge >= 0.3 is 12.1 Å². The van der Waals surface area contributed by atoms with Crippen molar-refractivity contribution in [3.8, 4) is 0 Å². The Bertz CT molecular complexity index is 1080. The average molecular weight is 433 g/mol. The number of benzene rings is 1. The summed E-state index contributed by atoms with van der Waals surface area (Å²) in [6, 6.07) is 7.24. The number of rotatable bonds is 6. The van der Waals surface area contributed by atoms with Gasteiger partial charge < -0.3 is 10.1 Å². The minimum absolute atomic E-state index is 0.0890. The van der Waals surface area contributed by atoms with Crippen LogP contribution in [0.1, 0.15) is 44.7 Å². The molecule has 0 aliphatic rings. The third kappa shape index (κ3) is 5.24. The minimum Gasteiger partial charge on any atom is -0.461 e. The number of aromatic nitrogens is 4. The molecule has 11 heteroatoms. The molecule has 0 bridgehead atoms. The summed E-state index contributed by atoms with van der Waals surface area (Å²) in [4.78, 5) is 28.2. The van der Waals surface area contributed by atoms with Crippen LogP contribution < -0.4 is 5.32 Å². The summed E-state index contributed by atoms with van der Waals surface area (Å²) in [6.07, 6.45) is -2.98. The number of hydrogen-bond donors (Lipinski definition) is 1. The predicted molar refractivity (Wildman–Crippen MR) is 103 cm³/mol. The number of amides is 1. The van der Waals surface area contributed by atoms with Gasteiger partial charge in [0, 0.05) is 11.9 Å². The first-order chi connectivity index (χ1) is 14.7. The van der Waals surface area contributed by atoms with Crippen LogP contribution >= 0.6 is 0 Å². The van der Waals surface area contributed by atoms with Crippen molar-refractivity contribution in [1.29, 1.82) is 0 Å². The van der Waals surface area contributed by atoms with Crippen LogP contribution in [0.5, 0.6) is 0 Å². The third-order valence-electron chi connectivity index (χ3n) is 4.31. The molecule has 0 fully saturated rings. The maximum absolute atomic E-state index is 12.6. The van der Waals surface area contributed by atoms with Gasteiger partial charge in [-0.2, -0.15) is 13.2 Å². The molecule has 0 aliphatic heterocycles. The average Bonchev–Trinajstić information content (AvgIpc) is 3.09. The summed E-state index contributed by atoms with van der Waals surface area (Å²) in [5.41, 5.74) is 0.863. The first kappa shape index (κ1) is 21.9. The first-order valence-corrected chi connectivity index (χ1v) is 9.19. The first-order valence-electron chi connectivity index (χ1n) is 9.19. The molecule has 0 unspecified atom stereocenters. The zero-order valence-corrected chi connectivity index (χ0v) is 16.6. The van der Waals surface area contributed by atoms with Gasteiger partial charge in [0.2, 0.25) is 0 Å². The second-order valence-electron chi connectivity index (χ2n) is 6.48. The Hall–Kier alpha value is -3.76. The summed E-state index contributed by atoms with van der Waals surface area (Å²) in [5, 5.41) is 10.3. The van der Waals surface area contributed by atoms with Crippen LogP contribution in [0.2, 0.25) is 0 Å². The Morgan fingerprint density at radius 2 is 1.84 bits per heavy atom. The summed E-state index contributed by atoms with van der Waals surface area (Å²) in [5.74, 6) is -1.12. The quantitative estimate of drug-likeness (QED) is 0.598. The molecule has 1 amide bonds. The molecule has 31 heavy (non-hydrogen) atoms. The molecule has 2 heterocycles. The zero-order chi connectivity index (χ0) is 22.6. The van der Waals surface area contributed by atoms with E-state index in [1.165, 1.54) is 29.1 Å². The molecule has 0 aliphatic carbocycles. The summed E-state index contributed by atoms with van der Waals surface area (Å²) in [7, 11) is 0. The molecule has 0 spiro atoms. The van der Waals surface area contributed by atoms with E-state index in [9.17, 15) is 22.8 Å². The van der Waals surface area contributed by atoms with Crippen LogP contribution in [-0.2, 0) is 17.5 Å². The summed E-state index contributed by atoms with van der Waals surface area (Å²) in [6.45, 7) is 3.88. The van der Waals surface area contributed by atoms with E-state index in [0.717, 1.165) is 12.1 Å². The van der Waals surface area contributed by atoms with E-state index < -0.39 is 23.6 Å². The highest BCUT2D eigenvalue weighted by molar-refractivity contribution is 6.02. The fourth-order valence-corrected chi connectivity index (χ4v) is 2.66. The standard InChI is InChI=1S/C20H18F3N5O3/c1-3-31-19(30)17-12(2)28(27-26-17)11-13-4-9-16(24-10-13)18(29)25-15-7-5-14(6-8-15)20(21,22)23/h4-10H,3,11H2,1-2H3,(H,25,29). The lowest BCUT2D eigenvalue weighted by atomic mass is 10.2. The highest BCUT2D eigenvalue weighted by Gasteiger charge is 2.30. The SMILES string of the molecule is CCOC(=O)c1nnn(Cc2ccc(C(=O)Nc3ccc(C(F)(F)F)cc3)nc2)c1C. The molecular formula is C20H18F3N5O3. The molecule has 8 nitrogen and oxygen atoms in total. The lowest BCUT2D eigenvalue weighted by molar-refractivity contribution is -0.137. The Labute approximate surface area is 175 Å². The van der Waals surface area contributed by atoms with Crippen LogP contribution in [0.4, 0.5) is 18.9 Å².